The van der Waals surface area contributed by atoms with E-state index in [1.807, 2.05) is 0 Å². The molecule has 3 heterocycles. The summed E-state index contributed by atoms with van der Waals surface area (Å²) < 4.78 is 73.8. The maximum Gasteiger partial charge on any atom is 0.401 e. The molecule has 0 amide bonds. The van der Waals surface area contributed by atoms with Crippen molar-refractivity contribution in [2.45, 2.75) is 19.0 Å². The van der Waals surface area contributed by atoms with Gasteiger partial charge in [0.1, 0.15) is 11.4 Å². The van der Waals surface area contributed by atoms with E-state index >= 15 is 0 Å². The van der Waals surface area contributed by atoms with E-state index in [4.69, 9.17) is 9.47 Å². The van der Waals surface area contributed by atoms with Crippen LogP contribution in [-0.4, -0.2) is 74.3 Å². The van der Waals surface area contributed by atoms with Crippen molar-refractivity contribution in [3.63, 3.8) is 0 Å². The Morgan fingerprint density at radius 2 is 1.91 bits per heavy atom. The molecule has 13 heteroatoms. The van der Waals surface area contributed by atoms with Crippen LogP contribution in [0.3, 0.4) is 0 Å². The predicted octanol–water partition coefficient (Wildman–Crippen LogP) is 2.57. The van der Waals surface area contributed by atoms with Crippen molar-refractivity contribution in [2.75, 3.05) is 44.3 Å². The summed E-state index contributed by atoms with van der Waals surface area (Å²) in [5, 5.41) is 7.89. The average Bonchev–Trinajstić information content (AvgIpc) is 2.71. The molecule has 0 unspecified atom stereocenters. The first-order chi connectivity index (χ1) is 15.0. The third-order valence-electron chi connectivity index (χ3n) is 4.81. The number of alkyl halides is 3. The first-order valence-electron chi connectivity index (χ1n) is 9.81. The second-order valence-corrected chi connectivity index (χ2v) is 9.28. The van der Waals surface area contributed by atoms with Gasteiger partial charge < -0.3 is 9.47 Å². The van der Waals surface area contributed by atoms with Gasteiger partial charge in [-0.3, -0.25) is 9.62 Å². The maximum atomic E-state index is 12.5. The van der Waals surface area contributed by atoms with Crippen LogP contribution in [0.2, 0.25) is 0 Å². The molecule has 0 spiro atoms. The molecule has 1 fully saturated rings. The Morgan fingerprint density at radius 3 is 2.53 bits per heavy atom. The summed E-state index contributed by atoms with van der Waals surface area (Å²) >= 11 is 0. The first-order valence-corrected chi connectivity index (χ1v) is 11.7. The number of nitrogens with zero attached hydrogens (tertiary/aromatic N) is 4. The summed E-state index contributed by atoms with van der Waals surface area (Å²) in [7, 11) is -2.22. The van der Waals surface area contributed by atoms with Crippen LogP contribution in [-0.2, 0) is 10.0 Å². The number of hydrogen-bond acceptors (Lipinski definition) is 8. The van der Waals surface area contributed by atoms with Crippen molar-refractivity contribution in [1.29, 1.82) is 0 Å². The Hall–Kier alpha value is -2.67. The lowest BCUT2D eigenvalue weighted by Gasteiger charge is -2.32. The van der Waals surface area contributed by atoms with Gasteiger partial charge in [-0.05, 0) is 44.0 Å². The summed E-state index contributed by atoms with van der Waals surface area (Å²) in [5.41, 5.74) is 0.843. The number of pyridine rings is 1. The van der Waals surface area contributed by atoms with Crippen LogP contribution < -0.4 is 14.2 Å². The molecule has 9 nitrogen and oxygen atoms in total. The first kappa shape index (κ1) is 24.0. The molecule has 0 aliphatic carbocycles. The summed E-state index contributed by atoms with van der Waals surface area (Å²) in [6.45, 7) is 0.200. The van der Waals surface area contributed by atoms with E-state index in [1.165, 1.54) is 18.1 Å². The Morgan fingerprint density at radius 1 is 1.19 bits per heavy atom. The van der Waals surface area contributed by atoms with E-state index in [-0.39, 0.29) is 17.5 Å². The highest BCUT2D eigenvalue weighted by Crippen LogP contribution is 2.27. The number of likely N-dealkylation sites (tertiary alicyclic amines) is 1. The minimum atomic E-state index is -4.19. The Bertz CT molecular complexity index is 1030. The van der Waals surface area contributed by atoms with Gasteiger partial charge in [-0.1, -0.05) is 6.07 Å². The van der Waals surface area contributed by atoms with Crippen molar-refractivity contribution in [3.8, 4) is 23.1 Å². The number of ether oxygens (including phenoxy) is 2. The fourth-order valence-corrected chi connectivity index (χ4v) is 3.88. The fraction of sp³-hybridized carbons (Fsp3) is 0.526. The zero-order valence-corrected chi connectivity index (χ0v) is 18.4. The van der Waals surface area contributed by atoms with Crippen molar-refractivity contribution < 1.29 is 31.1 Å². The quantitative estimate of drug-likeness (QED) is 0.621. The van der Waals surface area contributed by atoms with Crippen LogP contribution in [0.5, 0.6) is 11.8 Å². The standard InChI is InChI=1S/C19H24F3N5O4S/c1-30-18-16(26-32(2,28)29)10-15(24-25-18)14-4-3-5-17(23-14)31-11-13-6-8-27(9-7-13)12-19(20,21)22/h3-5,10,13H,6-9,11-12H2,1-2H3,(H,24,26). The zero-order chi connectivity index (χ0) is 23.4. The molecule has 1 aliphatic heterocycles. The van der Waals surface area contributed by atoms with Crippen LogP contribution in [0.25, 0.3) is 11.4 Å². The molecule has 1 aliphatic rings. The number of halogens is 3. The number of piperidine rings is 1. The summed E-state index contributed by atoms with van der Waals surface area (Å²) in [4.78, 5) is 5.78. The van der Waals surface area contributed by atoms with Crippen molar-refractivity contribution in [2.24, 2.45) is 5.92 Å². The smallest absolute Gasteiger partial charge is 0.401 e. The molecule has 0 aromatic carbocycles. The number of rotatable bonds is 8. The Kier molecular flexibility index (Phi) is 7.39. The van der Waals surface area contributed by atoms with Gasteiger partial charge in [0.15, 0.2) is 0 Å². The largest absolute Gasteiger partial charge is 0.478 e. The SMILES string of the molecule is COc1nnc(-c2cccc(OCC3CCN(CC(F)(F)F)CC3)n2)cc1NS(C)(=O)=O. The number of hydrogen-bond donors (Lipinski definition) is 1. The molecule has 2 aromatic rings. The van der Waals surface area contributed by atoms with Crippen molar-refractivity contribution in [3.05, 3.63) is 24.3 Å². The number of aromatic nitrogens is 3. The van der Waals surface area contributed by atoms with E-state index in [1.54, 1.807) is 18.2 Å². The second-order valence-electron chi connectivity index (χ2n) is 7.53. The predicted molar refractivity (Wildman–Crippen MR) is 111 cm³/mol. The van der Waals surface area contributed by atoms with E-state index in [9.17, 15) is 21.6 Å². The topological polar surface area (TPSA) is 107 Å². The number of nitrogens with one attached hydrogen (secondary N) is 1. The minimum Gasteiger partial charge on any atom is -0.478 e. The molecule has 0 bridgehead atoms. The molecule has 3 rings (SSSR count). The molecule has 176 valence electrons. The lowest BCUT2D eigenvalue weighted by Crippen LogP contribution is -2.41. The van der Waals surface area contributed by atoms with Gasteiger partial charge in [-0.2, -0.15) is 13.2 Å². The van der Waals surface area contributed by atoms with Gasteiger partial charge in [-0.25, -0.2) is 13.4 Å². The summed E-state index contributed by atoms with van der Waals surface area (Å²) in [5.74, 6) is 0.482. The minimum absolute atomic E-state index is 0.0171. The molecule has 32 heavy (non-hydrogen) atoms. The van der Waals surface area contributed by atoms with Gasteiger partial charge >= 0.3 is 6.18 Å². The number of sulfonamides is 1. The highest BCUT2D eigenvalue weighted by Gasteiger charge is 2.32. The van der Waals surface area contributed by atoms with E-state index in [2.05, 4.69) is 19.9 Å². The molecule has 2 aromatic heterocycles. The fourth-order valence-electron chi connectivity index (χ4n) is 3.34. The van der Waals surface area contributed by atoms with Crippen LogP contribution in [0.15, 0.2) is 24.3 Å². The third-order valence-corrected chi connectivity index (χ3v) is 5.40. The molecular formula is C19H24F3N5O4S. The number of anilines is 1. The van der Waals surface area contributed by atoms with Gasteiger partial charge in [0, 0.05) is 6.07 Å². The molecule has 0 saturated carbocycles. The number of methoxy groups -OCH3 is 1. The Balaban J connectivity index is 1.63. The van der Waals surface area contributed by atoms with Crippen LogP contribution >= 0.6 is 0 Å². The lowest BCUT2D eigenvalue weighted by atomic mass is 9.98. The highest BCUT2D eigenvalue weighted by atomic mass is 32.2. The normalized spacial score (nSPS) is 16.0. The lowest BCUT2D eigenvalue weighted by molar-refractivity contribution is -0.148. The van der Waals surface area contributed by atoms with Gasteiger partial charge in [-0.15, -0.1) is 10.2 Å². The summed E-state index contributed by atoms with van der Waals surface area (Å²) in [6, 6.07) is 6.49. The molecule has 0 atom stereocenters. The highest BCUT2D eigenvalue weighted by molar-refractivity contribution is 7.92. The Labute approximate surface area is 184 Å². The molecular weight excluding hydrogens is 451 g/mol. The van der Waals surface area contributed by atoms with E-state index < -0.39 is 22.7 Å². The molecule has 1 N–H and O–H groups in total. The van der Waals surface area contributed by atoms with Crippen LogP contribution in [0.4, 0.5) is 18.9 Å². The monoisotopic (exact) mass is 475 g/mol. The van der Waals surface area contributed by atoms with E-state index in [0.717, 1.165) is 6.26 Å². The van der Waals surface area contributed by atoms with Crippen LogP contribution in [0, 0.1) is 5.92 Å². The van der Waals surface area contributed by atoms with Gasteiger partial charge in [0.2, 0.25) is 15.9 Å². The average molecular weight is 475 g/mol. The zero-order valence-electron chi connectivity index (χ0n) is 17.6. The van der Waals surface area contributed by atoms with E-state index in [0.29, 0.717) is 49.8 Å². The summed E-state index contributed by atoms with van der Waals surface area (Å²) in [6.07, 6.45) is -1.96. The van der Waals surface area contributed by atoms with Crippen molar-refractivity contribution in [1.82, 2.24) is 20.1 Å². The maximum absolute atomic E-state index is 12.5. The second kappa shape index (κ2) is 9.86. The van der Waals surface area contributed by atoms with Crippen LogP contribution in [0.1, 0.15) is 12.8 Å². The molecule has 0 radical (unpaired) electrons. The van der Waals surface area contributed by atoms with Gasteiger partial charge in [0.05, 0.1) is 32.2 Å². The van der Waals surface area contributed by atoms with Crippen molar-refractivity contribution >= 4 is 15.7 Å². The molecule has 1 saturated heterocycles. The van der Waals surface area contributed by atoms with Gasteiger partial charge in [0.25, 0.3) is 5.88 Å². The third kappa shape index (κ3) is 7.19.